The zero-order valence-corrected chi connectivity index (χ0v) is 7.99. The van der Waals surface area contributed by atoms with Gasteiger partial charge in [-0.2, -0.15) is 10.5 Å². The number of aliphatic hydroxyl groups excluding tert-OH is 1. The number of allylic oxidation sites excluding steroid dienone is 1. The first kappa shape index (κ1) is 10.4. The molecule has 0 aliphatic carbocycles. The van der Waals surface area contributed by atoms with Crippen molar-refractivity contribution in [2.45, 2.75) is 13.0 Å². The van der Waals surface area contributed by atoms with E-state index >= 15 is 0 Å². The molecule has 74 valence electrons. The van der Waals surface area contributed by atoms with Gasteiger partial charge >= 0.3 is 0 Å². The lowest BCUT2D eigenvalue weighted by Gasteiger charge is -2.16. The van der Waals surface area contributed by atoms with Crippen LogP contribution in [-0.4, -0.2) is 35.7 Å². The van der Waals surface area contributed by atoms with Crippen molar-refractivity contribution in [3.63, 3.8) is 0 Å². The van der Waals surface area contributed by atoms with E-state index in [0.717, 1.165) is 0 Å². The third-order valence-corrected chi connectivity index (χ3v) is 2.02. The summed E-state index contributed by atoms with van der Waals surface area (Å²) >= 11 is 0. The second-order valence-electron chi connectivity index (χ2n) is 3.16. The molecule has 0 amide bonds. The van der Waals surface area contributed by atoms with Gasteiger partial charge in [-0.05, 0) is 6.92 Å². The van der Waals surface area contributed by atoms with Crippen molar-refractivity contribution >= 4 is 0 Å². The molecule has 1 heterocycles. The van der Waals surface area contributed by atoms with Crippen molar-refractivity contribution in [3.05, 3.63) is 11.4 Å². The van der Waals surface area contributed by atoms with Crippen LogP contribution in [0.3, 0.4) is 0 Å². The quantitative estimate of drug-likeness (QED) is 0.578. The van der Waals surface area contributed by atoms with E-state index in [1.165, 1.54) is 0 Å². The lowest BCUT2D eigenvalue weighted by atomic mass is 10.3. The number of nitrogens with zero attached hydrogens (tertiary/aromatic N) is 3. The summed E-state index contributed by atoms with van der Waals surface area (Å²) in [6.07, 6.45) is 0. The fourth-order valence-corrected chi connectivity index (χ4v) is 1.48. The van der Waals surface area contributed by atoms with Crippen LogP contribution < -0.4 is 5.32 Å². The smallest absolute Gasteiger partial charge is 0.169 e. The van der Waals surface area contributed by atoms with E-state index in [-0.39, 0.29) is 18.2 Å². The van der Waals surface area contributed by atoms with Crippen LogP contribution in [0.15, 0.2) is 11.4 Å². The molecule has 0 spiro atoms. The SMILES string of the molecule is CC1CN(CCO)C(=C(C#N)C#N)N1. The molecule has 0 aromatic rings. The molecule has 1 unspecified atom stereocenters. The van der Waals surface area contributed by atoms with Crippen LogP contribution in [-0.2, 0) is 0 Å². The first-order chi connectivity index (χ1) is 6.72. The van der Waals surface area contributed by atoms with Crippen LogP contribution in [0.1, 0.15) is 6.92 Å². The van der Waals surface area contributed by atoms with Gasteiger partial charge in [0.2, 0.25) is 0 Å². The van der Waals surface area contributed by atoms with Gasteiger partial charge in [-0.3, -0.25) is 0 Å². The minimum Gasteiger partial charge on any atom is -0.395 e. The largest absolute Gasteiger partial charge is 0.395 e. The highest BCUT2D eigenvalue weighted by Gasteiger charge is 2.24. The van der Waals surface area contributed by atoms with E-state index in [1.807, 2.05) is 24.0 Å². The van der Waals surface area contributed by atoms with Gasteiger partial charge in [-0.25, -0.2) is 0 Å². The first-order valence-corrected chi connectivity index (χ1v) is 4.39. The lowest BCUT2D eigenvalue weighted by Crippen LogP contribution is -2.24. The van der Waals surface area contributed by atoms with Crippen molar-refractivity contribution in [2.24, 2.45) is 0 Å². The summed E-state index contributed by atoms with van der Waals surface area (Å²) in [5, 5.41) is 29.2. The molecule has 1 aliphatic heterocycles. The predicted molar refractivity (Wildman–Crippen MR) is 49.5 cm³/mol. The van der Waals surface area contributed by atoms with Gasteiger partial charge < -0.3 is 15.3 Å². The molecule has 1 aliphatic rings. The third kappa shape index (κ3) is 1.95. The van der Waals surface area contributed by atoms with Crippen molar-refractivity contribution in [1.82, 2.24) is 10.2 Å². The molecule has 14 heavy (non-hydrogen) atoms. The summed E-state index contributed by atoms with van der Waals surface area (Å²) in [4.78, 5) is 1.81. The molecule has 0 bridgehead atoms. The predicted octanol–water partition coefficient (Wildman–Crippen LogP) is -0.469. The normalized spacial score (nSPS) is 19.9. The Morgan fingerprint density at radius 1 is 1.64 bits per heavy atom. The maximum absolute atomic E-state index is 8.80. The summed E-state index contributed by atoms with van der Waals surface area (Å²) in [5.41, 5.74) is 0.0720. The van der Waals surface area contributed by atoms with Crippen LogP contribution in [0.2, 0.25) is 0 Å². The molecule has 2 N–H and O–H groups in total. The zero-order chi connectivity index (χ0) is 10.6. The topological polar surface area (TPSA) is 83.1 Å². The maximum atomic E-state index is 8.80. The molecule has 5 heteroatoms. The number of nitriles is 2. The van der Waals surface area contributed by atoms with Gasteiger partial charge in [-0.15, -0.1) is 0 Å². The molecular formula is C9H12N4O. The molecule has 0 aromatic heterocycles. The fraction of sp³-hybridized carbons (Fsp3) is 0.556. The van der Waals surface area contributed by atoms with Crippen molar-refractivity contribution in [1.29, 1.82) is 10.5 Å². The Morgan fingerprint density at radius 2 is 2.29 bits per heavy atom. The Kier molecular flexibility index (Phi) is 3.33. The first-order valence-electron chi connectivity index (χ1n) is 4.39. The third-order valence-electron chi connectivity index (χ3n) is 2.02. The second kappa shape index (κ2) is 4.50. The van der Waals surface area contributed by atoms with Crippen LogP contribution in [0, 0.1) is 22.7 Å². The molecule has 0 saturated carbocycles. The molecular weight excluding hydrogens is 180 g/mol. The standard InChI is InChI=1S/C9H12N4O/c1-7-6-13(2-3-14)9(12-7)8(4-10)5-11/h7,12,14H,2-3,6H2,1H3. The highest BCUT2D eigenvalue weighted by Crippen LogP contribution is 2.14. The fourth-order valence-electron chi connectivity index (χ4n) is 1.48. The van der Waals surface area contributed by atoms with Crippen molar-refractivity contribution < 1.29 is 5.11 Å². The summed E-state index contributed by atoms with van der Waals surface area (Å²) in [6, 6.07) is 3.87. The molecule has 1 atom stereocenters. The van der Waals surface area contributed by atoms with Crippen molar-refractivity contribution in [2.75, 3.05) is 19.7 Å². The highest BCUT2D eigenvalue weighted by atomic mass is 16.3. The Hall–Kier alpha value is -1.72. The van der Waals surface area contributed by atoms with Gasteiger partial charge in [0.15, 0.2) is 5.57 Å². The number of β-amino-alcohol motifs (C(OH)–C–C–N with tert-alkyl or cyclic N) is 1. The van der Waals surface area contributed by atoms with E-state index < -0.39 is 0 Å². The molecule has 5 nitrogen and oxygen atoms in total. The summed E-state index contributed by atoms with van der Waals surface area (Å²) in [7, 11) is 0. The number of hydrogen-bond acceptors (Lipinski definition) is 5. The molecule has 1 fully saturated rings. The monoisotopic (exact) mass is 192 g/mol. The summed E-state index contributed by atoms with van der Waals surface area (Å²) < 4.78 is 0. The molecule has 1 saturated heterocycles. The highest BCUT2D eigenvalue weighted by molar-refractivity contribution is 5.40. The Bertz CT molecular complexity index is 307. The molecule has 0 radical (unpaired) electrons. The summed E-state index contributed by atoms with van der Waals surface area (Å²) in [5.74, 6) is 0.538. The van der Waals surface area contributed by atoms with Crippen LogP contribution in [0.5, 0.6) is 0 Å². The van der Waals surface area contributed by atoms with E-state index in [4.69, 9.17) is 15.6 Å². The average Bonchev–Trinajstić information content (AvgIpc) is 2.50. The summed E-state index contributed by atoms with van der Waals surface area (Å²) in [6.45, 7) is 3.13. The Balaban J connectivity index is 2.92. The number of nitrogens with one attached hydrogen (secondary N) is 1. The molecule has 0 aromatic carbocycles. The van der Waals surface area contributed by atoms with Crippen LogP contribution in [0.4, 0.5) is 0 Å². The zero-order valence-electron chi connectivity index (χ0n) is 7.99. The second-order valence-corrected chi connectivity index (χ2v) is 3.16. The minimum atomic E-state index is 0.0159. The van der Waals surface area contributed by atoms with E-state index in [9.17, 15) is 0 Å². The van der Waals surface area contributed by atoms with Gasteiger partial charge in [0, 0.05) is 19.1 Å². The average molecular weight is 192 g/mol. The van der Waals surface area contributed by atoms with Gasteiger partial charge in [0.25, 0.3) is 0 Å². The molecule has 1 rings (SSSR count). The Labute approximate surface area is 82.9 Å². The van der Waals surface area contributed by atoms with Gasteiger partial charge in [0.1, 0.15) is 18.0 Å². The van der Waals surface area contributed by atoms with E-state index in [1.54, 1.807) is 0 Å². The van der Waals surface area contributed by atoms with Gasteiger partial charge in [-0.1, -0.05) is 0 Å². The van der Waals surface area contributed by atoms with Crippen LogP contribution >= 0.6 is 0 Å². The number of aliphatic hydroxyl groups is 1. The minimum absolute atomic E-state index is 0.0159. The van der Waals surface area contributed by atoms with Crippen molar-refractivity contribution in [3.8, 4) is 12.1 Å². The lowest BCUT2D eigenvalue weighted by molar-refractivity contribution is 0.238. The van der Waals surface area contributed by atoms with E-state index in [0.29, 0.717) is 18.9 Å². The van der Waals surface area contributed by atoms with Crippen LogP contribution in [0.25, 0.3) is 0 Å². The Morgan fingerprint density at radius 3 is 2.79 bits per heavy atom. The maximum Gasteiger partial charge on any atom is 0.169 e. The van der Waals surface area contributed by atoms with E-state index in [2.05, 4.69) is 5.32 Å². The van der Waals surface area contributed by atoms with Gasteiger partial charge in [0.05, 0.1) is 6.61 Å². The number of rotatable bonds is 2. The number of hydrogen-bond donors (Lipinski definition) is 2.